The van der Waals surface area contributed by atoms with Crippen molar-refractivity contribution in [2.75, 3.05) is 11.1 Å². The third-order valence-electron chi connectivity index (χ3n) is 2.71. The van der Waals surface area contributed by atoms with Gasteiger partial charge in [-0.3, -0.25) is 9.59 Å². The summed E-state index contributed by atoms with van der Waals surface area (Å²) in [6.45, 7) is 6.15. The molecule has 0 spiro atoms. The number of benzene rings is 1. The Hall–Kier alpha value is -1.79. The molecular formula is C17H19NO3S2. The molecule has 0 aliphatic heterocycles. The Morgan fingerprint density at radius 1 is 1.17 bits per heavy atom. The van der Waals surface area contributed by atoms with E-state index in [1.807, 2.05) is 11.4 Å². The van der Waals surface area contributed by atoms with Crippen molar-refractivity contribution >= 4 is 40.7 Å². The number of carbonyl (C=O) groups excluding carboxylic acids is 2. The fraction of sp³-hybridized carbons (Fsp3) is 0.294. The molecule has 0 bridgehead atoms. The molecule has 0 aliphatic rings. The van der Waals surface area contributed by atoms with Gasteiger partial charge in [0.25, 0.3) is 5.91 Å². The van der Waals surface area contributed by atoms with E-state index in [-0.39, 0.29) is 16.6 Å². The highest BCUT2D eigenvalue weighted by Gasteiger charge is 2.14. The monoisotopic (exact) mass is 349 g/mol. The van der Waals surface area contributed by atoms with E-state index < -0.39 is 0 Å². The largest absolute Gasteiger partial charge is 0.426 e. The van der Waals surface area contributed by atoms with Crippen LogP contribution in [0.15, 0.2) is 41.8 Å². The van der Waals surface area contributed by atoms with Gasteiger partial charge in [-0.25, -0.2) is 0 Å². The highest BCUT2D eigenvalue weighted by molar-refractivity contribution is 8.01. The zero-order chi connectivity index (χ0) is 16.9. The van der Waals surface area contributed by atoms with Crippen molar-refractivity contribution in [3.8, 4) is 5.75 Å². The number of nitrogens with one attached hydrogen (secondary N) is 1. The maximum Gasteiger partial charge on any atom is 0.321 e. The lowest BCUT2D eigenvalue weighted by molar-refractivity contribution is -0.131. The minimum absolute atomic E-state index is 0.0228. The first kappa shape index (κ1) is 17.6. The summed E-state index contributed by atoms with van der Waals surface area (Å²) in [5, 5.41) is 4.65. The summed E-state index contributed by atoms with van der Waals surface area (Å²) in [4.78, 5) is 24.3. The summed E-state index contributed by atoms with van der Waals surface area (Å²) in [6, 6.07) is 10.4. The van der Waals surface area contributed by atoms with E-state index in [0.717, 1.165) is 0 Å². The molecule has 1 heterocycles. The first-order chi connectivity index (χ1) is 10.8. The summed E-state index contributed by atoms with van der Waals surface area (Å²) >= 11 is 2.93. The van der Waals surface area contributed by atoms with Crippen LogP contribution in [0.3, 0.4) is 0 Å². The summed E-state index contributed by atoms with van der Waals surface area (Å²) in [5.74, 6) is 0.352. The van der Waals surface area contributed by atoms with Gasteiger partial charge in [0, 0.05) is 10.4 Å². The SMILES string of the molecule is CC(C)(C)SCC(=O)Oc1ccc(NC(=O)c2cccs2)cc1. The van der Waals surface area contributed by atoms with Gasteiger partial charge < -0.3 is 10.1 Å². The lowest BCUT2D eigenvalue weighted by atomic mass is 10.3. The van der Waals surface area contributed by atoms with Crippen LogP contribution in [0.2, 0.25) is 0 Å². The predicted molar refractivity (Wildman–Crippen MR) is 96.6 cm³/mol. The minimum atomic E-state index is -0.278. The van der Waals surface area contributed by atoms with Crippen LogP contribution < -0.4 is 10.1 Å². The van der Waals surface area contributed by atoms with Crippen LogP contribution in [0.25, 0.3) is 0 Å². The van der Waals surface area contributed by atoms with Crippen molar-refractivity contribution in [1.82, 2.24) is 0 Å². The van der Waals surface area contributed by atoms with Crippen molar-refractivity contribution in [1.29, 1.82) is 0 Å². The number of ether oxygens (including phenoxy) is 1. The molecule has 2 aromatic rings. The van der Waals surface area contributed by atoms with Gasteiger partial charge in [0.1, 0.15) is 5.75 Å². The van der Waals surface area contributed by atoms with E-state index in [2.05, 4.69) is 26.1 Å². The van der Waals surface area contributed by atoms with Crippen LogP contribution in [0.4, 0.5) is 5.69 Å². The normalized spacial score (nSPS) is 11.1. The fourth-order valence-electron chi connectivity index (χ4n) is 1.64. The average molecular weight is 349 g/mol. The average Bonchev–Trinajstić information content (AvgIpc) is 3.01. The van der Waals surface area contributed by atoms with Crippen LogP contribution in [0, 0.1) is 0 Å². The van der Waals surface area contributed by atoms with E-state index >= 15 is 0 Å². The predicted octanol–water partition coefficient (Wildman–Crippen LogP) is 4.44. The van der Waals surface area contributed by atoms with Gasteiger partial charge in [-0.1, -0.05) is 26.8 Å². The maximum atomic E-state index is 11.9. The number of esters is 1. The summed E-state index contributed by atoms with van der Waals surface area (Å²) < 4.78 is 5.29. The van der Waals surface area contributed by atoms with Crippen LogP contribution in [0.1, 0.15) is 30.4 Å². The number of carbonyl (C=O) groups is 2. The van der Waals surface area contributed by atoms with Crippen LogP contribution in [-0.4, -0.2) is 22.4 Å². The molecule has 1 amide bonds. The second-order valence-corrected chi connectivity index (χ2v) is 8.58. The topological polar surface area (TPSA) is 55.4 Å². The third-order valence-corrected chi connectivity index (χ3v) is 4.83. The highest BCUT2D eigenvalue weighted by Crippen LogP contribution is 2.24. The number of hydrogen-bond acceptors (Lipinski definition) is 5. The van der Waals surface area contributed by atoms with Crippen LogP contribution >= 0.6 is 23.1 Å². The Kier molecular flexibility index (Phi) is 5.85. The van der Waals surface area contributed by atoms with Gasteiger partial charge in [0.2, 0.25) is 0 Å². The number of amides is 1. The summed E-state index contributed by atoms with van der Waals surface area (Å²) in [5.41, 5.74) is 0.660. The molecule has 0 atom stereocenters. The molecule has 23 heavy (non-hydrogen) atoms. The number of rotatable bonds is 5. The molecule has 0 radical (unpaired) electrons. The highest BCUT2D eigenvalue weighted by atomic mass is 32.2. The molecule has 122 valence electrons. The summed E-state index contributed by atoms with van der Waals surface area (Å²) in [7, 11) is 0. The zero-order valence-corrected chi connectivity index (χ0v) is 14.9. The Balaban J connectivity index is 1.87. The van der Waals surface area contributed by atoms with Gasteiger partial charge >= 0.3 is 5.97 Å². The van der Waals surface area contributed by atoms with Crippen molar-refractivity contribution in [2.45, 2.75) is 25.5 Å². The molecular weight excluding hydrogens is 330 g/mol. The molecule has 0 aliphatic carbocycles. The molecule has 0 unspecified atom stereocenters. The fourth-order valence-corrected chi connectivity index (χ4v) is 2.87. The number of hydrogen-bond donors (Lipinski definition) is 1. The van der Waals surface area contributed by atoms with Gasteiger partial charge in [-0.05, 0) is 35.7 Å². The molecule has 1 aromatic heterocycles. The Bertz CT molecular complexity index is 658. The Labute approximate surface area is 144 Å². The van der Waals surface area contributed by atoms with E-state index in [1.165, 1.54) is 11.3 Å². The summed E-state index contributed by atoms with van der Waals surface area (Å²) in [6.07, 6.45) is 0. The molecule has 1 N–H and O–H groups in total. The van der Waals surface area contributed by atoms with Crippen LogP contribution in [0.5, 0.6) is 5.75 Å². The van der Waals surface area contributed by atoms with Crippen molar-refractivity contribution in [2.24, 2.45) is 0 Å². The number of thiophene rings is 1. The molecule has 2 rings (SSSR count). The lowest BCUT2D eigenvalue weighted by Gasteiger charge is -2.16. The Morgan fingerprint density at radius 3 is 2.43 bits per heavy atom. The Morgan fingerprint density at radius 2 is 1.87 bits per heavy atom. The first-order valence-electron chi connectivity index (χ1n) is 7.13. The third kappa shape index (κ3) is 6.08. The van der Waals surface area contributed by atoms with E-state index in [9.17, 15) is 9.59 Å². The van der Waals surface area contributed by atoms with Crippen LogP contribution in [-0.2, 0) is 4.79 Å². The molecule has 6 heteroatoms. The van der Waals surface area contributed by atoms with E-state index in [0.29, 0.717) is 22.1 Å². The lowest BCUT2D eigenvalue weighted by Crippen LogP contribution is -2.17. The number of thioether (sulfide) groups is 1. The smallest absolute Gasteiger partial charge is 0.321 e. The van der Waals surface area contributed by atoms with Gasteiger partial charge in [0.15, 0.2) is 0 Å². The zero-order valence-electron chi connectivity index (χ0n) is 13.3. The maximum absolute atomic E-state index is 11.9. The molecule has 1 aromatic carbocycles. The number of anilines is 1. The quantitative estimate of drug-likeness (QED) is 0.640. The van der Waals surface area contributed by atoms with Gasteiger partial charge in [-0.2, -0.15) is 0 Å². The molecule has 0 saturated heterocycles. The van der Waals surface area contributed by atoms with Crippen molar-refractivity contribution in [3.05, 3.63) is 46.7 Å². The first-order valence-corrected chi connectivity index (χ1v) is 8.99. The molecule has 0 saturated carbocycles. The van der Waals surface area contributed by atoms with E-state index in [1.54, 1.807) is 42.1 Å². The standard InChI is InChI=1S/C17H19NO3S2/c1-17(2,3)23-11-15(19)21-13-8-6-12(7-9-13)18-16(20)14-5-4-10-22-14/h4-10H,11H2,1-3H3,(H,18,20). The van der Waals surface area contributed by atoms with Crippen molar-refractivity contribution < 1.29 is 14.3 Å². The van der Waals surface area contributed by atoms with Gasteiger partial charge in [0.05, 0.1) is 10.6 Å². The minimum Gasteiger partial charge on any atom is -0.426 e. The van der Waals surface area contributed by atoms with E-state index in [4.69, 9.17) is 4.74 Å². The second kappa shape index (κ2) is 7.66. The second-order valence-electron chi connectivity index (χ2n) is 5.83. The van der Waals surface area contributed by atoms with Crippen molar-refractivity contribution in [3.63, 3.8) is 0 Å². The molecule has 4 nitrogen and oxygen atoms in total. The molecule has 0 fully saturated rings. The van der Waals surface area contributed by atoms with Gasteiger partial charge in [-0.15, -0.1) is 23.1 Å².